The molecule has 3 N–H and O–H groups in total. The molecule has 0 fully saturated rings. The molecule has 0 aliphatic carbocycles. The standard InChI is InChI=1S/C16H16N4O4/c1-9-2-7-13(19-18-10-3-5-11(21)6-4-10)14-17-8-12(16(23)24)15(22)20(9)14/h3-6,8-9,18,21H,2,7H2,1H3,(H,23,24)/b19-13+/t9-/m0/s1. The van der Waals surface area contributed by atoms with Crippen LogP contribution in [0.5, 0.6) is 5.75 Å². The Hall–Kier alpha value is -3.16. The molecule has 1 aliphatic heterocycles. The minimum Gasteiger partial charge on any atom is -0.508 e. The first kappa shape index (κ1) is 15.7. The number of aromatic nitrogens is 2. The molecule has 1 aromatic heterocycles. The number of rotatable bonds is 3. The summed E-state index contributed by atoms with van der Waals surface area (Å²) in [5.41, 5.74) is 3.19. The zero-order valence-corrected chi connectivity index (χ0v) is 12.9. The highest BCUT2D eigenvalue weighted by molar-refractivity contribution is 5.99. The Morgan fingerprint density at radius 3 is 2.75 bits per heavy atom. The number of carboxylic acids is 1. The number of aromatic carboxylic acids is 1. The average Bonchev–Trinajstić information content (AvgIpc) is 2.55. The highest BCUT2D eigenvalue weighted by atomic mass is 16.4. The number of carboxylic acid groups (broad SMARTS) is 1. The Bertz CT molecular complexity index is 871. The molecule has 1 aromatic carbocycles. The van der Waals surface area contributed by atoms with E-state index in [1.807, 2.05) is 6.92 Å². The predicted molar refractivity (Wildman–Crippen MR) is 87.7 cm³/mol. The summed E-state index contributed by atoms with van der Waals surface area (Å²) in [6, 6.07) is 6.24. The molecular formula is C16H16N4O4. The van der Waals surface area contributed by atoms with Crippen molar-refractivity contribution in [3.63, 3.8) is 0 Å². The summed E-state index contributed by atoms with van der Waals surface area (Å²) in [4.78, 5) is 27.6. The minimum absolute atomic E-state index is 0.146. The van der Waals surface area contributed by atoms with Gasteiger partial charge in [-0.25, -0.2) is 9.78 Å². The molecule has 0 radical (unpaired) electrons. The van der Waals surface area contributed by atoms with Crippen molar-refractivity contribution in [1.82, 2.24) is 9.55 Å². The number of fused-ring (bicyclic) bond motifs is 1. The van der Waals surface area contributed by atoms with Crippen molar-refractivity contribution < 1.29 is 15.0 Å². The lowest BCUT2D eigenvalue weighted by atomic mass is 10.0. The Kier molecular flexibility index (Phi) is 4.03. The summed E-state index contributed by atoms with van der Waals surface area (Å²) < 4.78 is 1.38. The normalized spacial score (nSPS) is 18.2. The first-order valence-electron chi connectivity index (χ1n) is 7.44. The fourth-order valence-electron chi connectivity index (χ4n) is 2.60. The average molecular weight is 328 g/mol. The lowest BCUT2D eigenvalue weighted by molar-refractivity contribution is 0.0693. The van der Waals surface area contributed by atoms with Crippen LogP contribution in [0.15, 0.2) is 40.4 Å². The smallest absolute Gasteiger partial charge is 0.342 e. The van der Waals surface area contributed by atoms with Gasteiger partial charge in [-0.2, -0.15) is 5.10 Å². The largest absolute Gasteiger partial charge is 0.508 e. The number of benzene rings is 1. The van der Waals surface area contributed by atoms with E-state index in [0.717, 1.165) is 6.20 Å². The van der Waals surface area contributed by atoms with Gasteiger partial charge in [0.25, 0.3) is 5.56 Å². The van der Waals surface area contributed by atoms with Gasteiger partial charge in [-0.3, -0.25) is 14.8 Å². The number of hydrogen-bond donors (Lipinski definition) is 3. The lowest BCUT2D eigenvalue weighted by Crippen LogP contribution is -2.37. The molecule has 124 valence electrons. The molecule has 8 heteroatoms. The van der Waals surface area contributed by atoms with Gasteiger partial charge in [-0.05, 0) is 44.0 Å². The van der Waals surface area contributed by atoms with Crippen LogP contribution in [0.25, 0.3) is 0 Å². The summed E-state index contributed by atoms with van der Waals surface area (Å²) in [5, 5.41) is 22.6. The molecule has 2 aromatic rings. The van der Waals surface area contributed by atoms with Gasteiger partial charge in [-0.1, -0.05) is 0 Å². The van der Waals surface area contributed by atoms with Gasteiger partial charge in [0.05, 0.1) is 5.69 Å². The van der Waals surface area contributed by atoms with E-state index in [4.69, 9.17) is 5.11 Å². The predicted octanol–water partition coefficient (Wildman–Crippen LogP) is 1.82. The van der Waals surface area contributed by atoms with Crippen LogP contribution in [0.4, 0.5) is 5.69 Å². The van der Waals surface area contributed by atoms with Crippen molar-refractivity contribution in [3.8, 4) is 5.75 Å². The van der Waals surface area contributed by atoms with Crippen LogP contribution in [-0.2, 0) is 0 Å². The molecular weight excluding hydrogens is 312 g/mol. The zero-order valence-electron chi connectivity index (χ0n) is 12.9. The van der Waals surface area contributed by atoms with Crippen molar-refractivity contribution in [2.24, 2.45) is 5.10 Å². The second kappa shape index (κ2) is 6.15. The molecule has 2 heterocycles. The van der Waals surface area contributed by atoms with Crippen molar-refractivity contribution in [2.45, 2.75) is 25.8 Å². The van der Waals surface area contributed by atoms with Gasteiger partial charge in [0.15, 0.2) is 5.82 Å². The van der Waals surface area contributed by atoms with Crippen molar-refractivity contribution in [2.75, 3.05) is 5.43 Å². The molecule has 1 atom stereocenters. The van der Waals surface area contributed by atoms with Gasteiger partial charge in [0, 0.05) is 12.2 Å². The van der Waals surface area contributed by atoms with E-state index in [0.29, 0.717) is 30.1 Å². The fraction of sp³-hybridized carbons (Fsp3) is 0.250. The van der Waals surface area contributed by atoms with Crippen LogP contribution < -0.4 is 11.0 Å². The highest BCUT2D eigenvalue weighted by Gasteiger charge is 2.26. The lowest BCUT2D eigenvalue weighted by Gasteiger charge is -2.25. The van der Waals surface area contributed by atoms with Gasteiger partial charge < -0.3 is 10.2 Å². The number of nitrogens with one attached hydrogen (secondary N) is 1. The number of phenolic OH excluding ortho intramolecular Hbond substituents is 1. The third-order valence-corrected chi connectivity index (χ3v) is 3.91. The van der Waals surface area contributed by atoms with Gasteiger partial charge in [0.2, 0.25) is 0 Å². The van der Waals surface area contributed by atoms with E-state index >= 15 is 0 Å². The van der Waals surface area contributed by atoms with Crippen LogP contribution in [0.3, 0.4) is 0 Å². The molecule has 0 unspecified atom stereocenters. The Morgan fingerprint density at radius 2 is 2.08 bits per heavy atom. The first-order valence-corrected chi connectivity index (χ1v) is 7.44. The quantitative estimate of drug-likeness (QED) is 0.584. The van der Waals surface area contributed by atoms with Crippen LogP contribution in [-0.4, -0.2) is 31.4 Å². The maximum Gasteiger partial charge on any atom is 0.342 e. The Balaban J connectivity index is 1.98. The van der Waals surface area contributed by atoms with Crippen molar-refractivity contribution in [1.29, 1.82) is 0 Å². The number of phenols is 1. The van der Waals surface area contributed by atoms with Gasteiger partial charge >= 0.3 is 5.97 Å². The van der Waals surface area contributed by atoms with Gasteiger partial charge in [0.1, 0.15) is 17.0 Å². The van der Waals surface area contributed by atoms with Crippen LogP contribution in [0, 0.1) is 0 Å². The van der Waals surface area contributed by atoms with Crippen LogP contribution in [0.2, 0.25) is 0 Å². The molecule has 3 rings (SSSR count). The van der Waals surface area contributed by atoms with Gasteiger partial charge in [-0.15, -0.1) is 0 Å². The number of anilines is 1. The molecule has 0 bridgehead atoms. The summed E-state index contributed by atoms with van der Waals surface area (Å²) in [7, 11) is 0. The van der Waals surface area contributed by atoms with E-state index in [2.05, 4.69) is 15.5 Å². The Morgan fingerprint density at radius 1 is 1.38 bits per heavy atom. The van der Waals surface area contributed by atoms with E-state index < -0.39 is 11.5 Å². The zero-order chi connectivity index (χ0) is 17.3. The minimum atomic E-state index is -1.29. The highest BCUT2D eigenvalue weighted by Crippen LogP contribution is 2.22. The van der Waals surface area contributed by atoms with E-state index in [-0.39, 0.29) is 17.4 Å². The molecule has 0 saturated carbocycles. The summed E-state index contributed by atoms with van der Waals surface area (Å²) in [5.74, 6) is -0.768. The van der Waals surface area contributed by atoms with Crippen LogP contribution >= 0.6 is 0 Å². The van der Waals surface area contributed by atoms with Crippen LogP contribution in [0.1, 0.15) is 42.0 Å². The molecule has 0 amide bonds. The van der Waals surface area contributed by atoms with E-state index in [9.17, 15) is 14.7 Å². The topological polar surface area (TPSA) is 117 Å². The molecule has 0 spiro atoms. The maximum atomic E-state index is 12.4. The van der Waals surface area contributed by atoms with E-state index in [1.54, 1.807) is 12.1 Å². The SMILES string of the molecule is C[C@H]1CC/C(=N\Nc2ccc(O)cc2)c2ncc(C(=O)O)c(=O)n21. The third kappa shape index (κ3) is 2.85. The first-order chi connectivity index (χ1) is 11.5. The number of aromatic hydroxyl groups is 1. The Labute approximate surface area is 137 Å². The van der Waals surface area contributed by atoms with Crippen molar-refractivity contribution >= 4 is 17.4 Å². The maximum absolute atomic E-state index is 12.4. The second-order valence-electron chi connectivity index (χ2n) is 5.58. The second-order valence-corrected chi connectivity index (χ2v) is 5.58. The number of carbonyl (C=O) groups is 1. The van der Waals surface area contributed by atoms with Crippen molar-refractivity contribution in [3.05, 3.63) is 52.2 Å². The monoisotopic (exact) mass is 328 g/mol. The fourth-order valence-corrected chi connectivity index (χ4v) is 2.60. The molecule has 24 heavy (non-hydrogen) atoms. The molecule has 0 saturated heterocycles. The van der Waals surface area contributed by atoms with E-state index in [1.165, 1.54) is 16.7 Å². The number of hydrogen-bond acceptors (Lipinski definition) is 6. The summed E-state index contributed by atoms with van der Waals surface area (Å²) >= 11 is 0. The molecule has 1 aliphatic rings. The molecule has 8 nitrogen and oxygen atoms in total. The summed E-state index contributed by atoms with van der Waals surface area (Å²) in [6.45, 7) is 1.85. The number of hydrazone groups is 1. The third-order valence-electron chi connectivity index (χ3n) is 3.91. The summed E-state index contributed by atoms with van der Waals surface area (Å²) in [6.07, 6.45) is 2.35. The number of nitrogens with zero attached hydrogens (tertiary/aromatic N) is 3.